The molecule has 1 aliphatic rings. The molecule has 1 heterocycles. The summed E-state index contributed by atoms with van der Waals surface area (Å²) in [5, 5.41) is 9.03. The molecule has 0 spiro atoms. The lowest BCUT2D eigenvalue weighted by molar-refractivity contribution is -0.119. The van der Waals surface area contributed by atoms with Crippen LogP contribution < -0.4 is 35.6 Å². The SMILES string of the molecule is COc1cc2c(c(OC)c1OC)-c1ccc(NC(C)C(=O)Nc3ccc4nc(CC(C)C)[nH]c4c3)c(=O)cc1[C@@H](NC(C)=O)CC2. The monoisotopic (exact) mass is 627 g/mol. The molecular weight excluding hydrogens is 586 g/mol. The minimum Gasteiger partial charge on any atom is -0.493 e. The summed E-state index contributed by atoms with van der Waals surface area (Å²) in [4.78, 5) is 47.1. The van der Waals surface area contributed by atoms with Crippen LogP contribution in [-0.4, -0.2) is 49.2 Å². The van der Waals surface area contributed by atoms with Gasteiger partial charge in [-0.05, 0) is 78.8 Å². The number of ether oxygens (including phenoxy) is 3. The maximum absolute atomic E-state index is 13.7. The molecule has 0 saturated carbocycles. The molecule has 0 aliphatic heterocycles. The topological polar surface area (TPSA) is 144 Å². The summed E-state index contributed by atoms with van der Waals surface area (Å²) in [6.45, 7) is 7.41. The van der Waals surface area contributed by atoms with Crippen molar-refractivity contribution in [3.8, 4) is 28.4 Å². The predicted molar refractivity (Wildman–Crippen MR) is 179 cm³/mol. The summed E-state index contributed by atoms with van der Waals surface area (Å²) >= 11 is 0. The molecule has 242 valence electrons. The molecule has 11 heteroatoms. The smallest absolute Gasteiger partial charge is 0.246 e. The predicted octanol–water partition coefficient (Wildman–Crippen LogP) is 5.38. The summed E-state index contributed by atoms with van der Waals surface area (Å²) < 4.78 is 17.1. The zero-order valence-electron chi connectivity index (χ0n) is 27.3. The Hall–Kier alpha value is -5.06. The fourth-order valence-corrected chi connectivity index (χ4v) is 6.00. The number of methoxy groups -OCH3 is 3. The summed E-state index contributed by atoms with van der Waals surface area (Å²) in [6, 6.07) is 11.2. The lowest BCUT2D eigenvalue weighted by Crippen LogP contribution is -2.33. The molecule has 0 bridgehead atoms. The van der Waals surface area contributed by atoms with Gasteiger partial charge in [0.05, 0.1) is 44.1 Å². The van der Waals surface area contributed by atoms with Gasteiger partial charge in [0.25, 0.3) is 0 Å². The molecule has 0 radical (unpaired) electrons. The number of benzene rings is 2. The molecule has 46 heavy (non-hydrogen) atoms. The number of anilines is 2. The molecule has 0 fully saturated rings. The second kappa shape index (κ2) is 13.5. The summed E-state index contributed by atoms with van der Waals surface area (Å²) in [5.74, 6) is 2.26. The lowest BCUT2D eigenvalue weighted by Gasteiger charge is -2.19. The van der Waals surface area contributed by atoms with Gasteiger partial charge in [-0.15, -0.1) is 0 Å². The number of nitrogens with one attached hydrogen (secondary N) is 4. The van der Waals surface area contributed by atoms with Gasteiger partial charge in [0.15, 0.2) is 11.5 Å². The molecule has 11 nitrogen and oxygen atoms in total. The Kier molecular flexibility index (Phi) is 9.50. The summed E-state index contributed by atoms with van der Waals surface area (Å²) in [6.07, 6.45) is 1.97. The van der Waals surface area contributed by atoms with Crippen LogP contribution in [0.3, 0.4) is 0 Å². The van der Waals surface area contributed by atoms with Crippen molar-refractivity contribution in [1.29, 1.82) is 0 Å². The maximum atomic E-state index is 13.7. The van der Waals surface area contributed by atoms with E-state index in [1.54, 1.807) is 27.2 Å². The summed E-state index contributed by atoms with van der Waals surface area (Å²) in [7, 11) is 4.65. The van der Waals surface area contributed by atoms with E-state index in [0.29, 0.717) is 52.8 Å². The number of amides is 2. The molecule has 5 rings (SSSR count). The van der Waals surface area contributed by atoms with Crippen LogP contribution in [0.15, 0.2) is 47.3 Å². The number of aromatic nitrogens is 2. The number of nitrogens with zero attached hydrogens (tertiary/aromatic N) is 1. The van der Waals surface area contributed by atoms with E-state index in [0.717, 1.165) is 34.4 Å². The zero-order chi connectivity index (χ0) is 33.1. The first kappa shape index (κ1) is 32.3. The van der Waals surface area contributed by atoms with Crippen molar-refractivity contribution >= 4 is 34.2 Å². The second-order valence-electron chi connectivity index (χ2n) is 12.0. The third-order valence-electron chi connectivity index (χ3n) is 8.08. The number of aryl methyl sites for hydroxylation is 1. The molecule has 1 aliphatic carbocycles. The van der Waals surface area contributed by atoms with Gasteiger partial charge in [0.2, 0.25) is 23.0 Å². The van der Waals surface area contributed by atoms with E-state index in [2.05, 4.69) is 39.8 Å². The Morgan fingerprint density at radius 3 is 2.43 bits per heavy atom. The standard InChI is InChI=1S/C35H41N5O6/c1-18(2)14-31-39-26-12-9-22(16-28(26)40-31)38-35(43)19(3)36-27-13-10-23-24(17-29(27)42)25(37-20(4)41)11-8-21-15-30(44-5)33(45-6)34(46-7)32(21)23/h9-10,12-13,15-19,25H,8,11,14H2,1-7H3,(H,36,42)(H,37,41)(H,38,43)(H,39,40)/t19?,25-/m0/s1. The number of aromatic amines is 1. The first-order valence-electron chi connectivity index (χ1n) is 15.4. The highest BCUT2D eigenvalue weighted by Crippen LogP contribution is 2.50. The fourth-order valence-electron chi connectivity index (χ4n) is 6.00. The first-order valence-corrected chi connectivity index (χ1v) is 15.4. The van der Waals surface area contributed by atoms with E-state index in [1.807, 2.05) is 30.3 Å². The number of carbonyl (C=O) groups excluding carboxylic acids is 2. The third kappa shape index (κ3) is 6.63. The number of hydrogen-bond acceptors (Lipinski definition) is 8. The molecule has 0 saturated heterocycles. The van der Waals surface area contributed by atoms with Crippen LogP contribution in [-0.2, 0) is 22.4 Å². The zero-order valence-corrected chi connectivity index (χ0v) is 27.3. The van der Waals surface area contributed by atoms with Crippen molar-refractivity contribution in [2.45, 2.75) is 59.0 Å². The average Bonchev–Trinajstić information content (AvgIpc) is 3.26. The Balaban J connectivity index is 1.48. The van der Waals surface area contributed by atoms with Gasteiger partial charge in [0, 0.05) is 24.6 Å². The number of hydrogen-bond donors (Lipinski definition) is 4. The molecule has 3 aromatic carbocycles. The van der Waals surface area contributed by atoms with Crippen molar-refractivity contribution in [2.24, 2.45) is 5.92 Å². The lowest BCUT2D eigenvalue weighted by atomic mass is 9.95. The maximum Gasteiger partial charge on any atom is 0.246 e. The van der Waals surface area contributed by atoms with Crippen LogP contribution in [0.4, 0.5) is 11.4 Å². The molecule has 1 aromatic heterocycles. The normalized spacial score (nSPS) is 14.5. The number of H-pyrrole nitrogens is 1. The van der Waals surface area contributed by atoms with Gasteiger partial charge in [-0.2, -0.15) is 0 Å². The van der Waals surface area contributed by atoms with Crippen LogP contribution in [0.5, 0.6) is 17.2 Å². The van der Waals surface area contributed by atoms with Gasteiger partial charge in [0.1, 0.15) is 11.9 Å². The largest absolute Gasteiger partial charge is 0.493 e. The van der Waals surface area contributed by atoms with Crippen molar-refractivity contribution in [3.63, 3.8) is 0 Å². The Morgan fingerprint density at radius 2 is 1.76 bits per heavy atom. The molecule has 2 atom stereocenters. The van der Waals surface area contributed by atoms with Gasteiger partial charge >= 0.3 is 0 Å². The Bertz CT molecular complexity index is 1850. The van der Waals surface area contributed by atoms with E-state index < -0.39 is 12.1 Å². The molecule has 1 unspecified atom stereocenters. The first-order chi connectivity index (χ1) is 22.0. The minimum absolute atomic E-state index is 0.212. The van der Waals surface area contributed by atoms with Crippen molar-refractivity contribution in [1.82, 2.24) is 15.3 Å². The van der Waals surface area contributed by atoms with Crippen molar-refractivity contribution in [2.75, 3.05) is 32.0 Å². The number of rotatable bonds is 10. The molecule has 4 N–H and O–H groups in total. The van der Waals surface area contributed by atoms with Gasteiger partial charge < -0.3 is 35.1 Å². The van der Waals surface area contributed by atoms with Crippen LogP contribution in [0.1, 0.15) is 57.1 Å². The highest BCUT2D eigenvalue weighted by molar-refractivity contribution is 5.97. The quantitative estimate of drug-likeness (QED) is 0.184. The Labute approximate surface area is 268 Å². The molecule has 4 aromatic rings. The van der Waals surface area contributed by atoms with E-state index in [1.165, 1.54) is 20.1 Å². The second-order valence-corrected chi connectivity index (χ2v) is 12.0. The van der Waals surface area contributed by atoms with Crippen LogP contribution in [0, 0.1) is 5.92 Å². The van der Waals surface area contributed by atoms with E-state index in [9.17, 15) is 14.4 Å². The van der Waals surface area contributed by atoms with Gasteiger partial charge in [-0.3, -0.25) is 14.4 Å². The molecule has 2 amide bonds. The average molecular weight is 628 g/mol. The highest BCUT2D eigenvalue weighted by atomic mass is 16.5. The minimum atomic E-state index is -0.749. The van der Waals surface area contributed by atoms with Crippen LogP contribution in [0.25, 0.3) is 22.2 Å². The van der Waals surface area contributed by atoms with Gasteiger partial charge in [-0.1, -0.05) is 19.9 Å². The fraction of sp³-hybridized carbons (Fsp3) is 0.371. The van der Waals surface area contributed by atoms with E-state index in [-0.39, 0.29) is 22.9 Å². The van der Waals surface area contributed by atoms with E-state index in [4.69, 9.17) is 14.2 Å². The van der Waals surface area contributed by atoms with Crippen LogP contribution in [0.2, 0.25) is 0 Å². The van der Waals surface area contributed by atoms with Crippen LogP contribution >= 0.6 is 0 Å². The highest BCUT2D eigenvalue weighted by Gasteiger charge is 2.29. The van der Waals surface area contributed by atoms with Crippen molar-refractivity contribution in [3.05, 3.63) is 69.6 Å². The summed E-state index contributed by atoms with van der Waals surface area (Å²) in [5.41, 5.74) is 5.22. The molecular formula is C35H41N5O6. The number of fused-ring (bicyclic) bond motifs is 4. The number of carbonyl (C=O) groups is 2. The number of imidazole rings is 1. The van der Waals surface area contributed by atoms with Gasteiger partial charge in [-0.25, -0.2) is 4.98 Å². The third-order valence-corrected chi connectivity index (χ3v) is 8.08. The Morgan fingerprint density at radius 1 is 1.00 bits per heavy atom. The van der Waals surface area contributed by atoms with E-state index >= 15 is 0 Å². The van der Waals surface area contributed by atoms with Crippen molar-refractivity contribution < 1.29 is 23.8 Å².